The van der Waals surface area contributed by atoms with Gasteiger partial charge in [-0.05, 0) is 37.0 Å². The van der Waals surface area contributed by atoms with Crippen molar-refractivity contribution in [3.05, 3.63) is 82.9 Å². The number of fused-ring (bicyclic) bond motifs is 1. The van der Waals surface area contributed by atoms with E-state index in [0.29, 0.717) is 6.54 Å². The predicted molar refractivity (Wildman–Crippen MR) is 98.8 cm³/mol. The summed E-state index contributed by atoms with van der Waals surface area (Å²) in [5.74, 6) is 0.138. The van der Waals surface area contributed by atoms with E-state index in [4.69, 9.17) is 0 Å². The highest BCUT2D eigenvalue weighted by Crippen LogP contribution is 2.36. The number of benzene rings is 2. The third kappa shape index (κ3) is 3.43. The number of nitrogens with zero attached hydrogens (tertiary/aromatic N) is 1. The van der Waals surface area contributed by atoms with Crippen LogP contribution in [0.25, 0.3) is 0 Å². The van der Waals surface area contributed by atoms with Crippen LogP contribution in [0.3, 0.4) is 0 Å². The quantitative estimate of drug-likeness (QED) is 0.642. The Balaban J connectivity index is 1.92. The second-order valence-corrected chi connectivity index (χ2v) is 6.57. The van der Waals surface area contributed by atoms with E-state index in [9.17, 15) is 4.79 Å². The van der Waals surface area contributed by atoms with Gasteiger partial charge in [-0.3, -0.25) is 4.79 Å². The van der Waals surface area contributed by atoms with Crippen LogP contribution in [0.5, 0.6) is 0 Å². The first-order valence-electron chi connectivity index (χ1n) is 8.82. The molecule has 2 nitrogen and oxygen atoms in total. The zero-order valence-electron chi connectivity index (χ0n) is 14.5. The maximum absolute atomic E-state index is 12.9. The Morgan fingerprint density at radius 2 is 1.79 bits per heavy atom. The fourth-order valence-corrected chi connectivity index (χ4v) is 3.34. The molecule has 0 aliphatic carbocycles. The van der Waals surface area contributed by atoms with Crippen LogP contribution in [0, 0.1) is 0 Å². The van der Waals surface area contributed by atoms with Crippen LogP contribution in [0.15, 0.2) is 66.2 Å². The lowest BCUT2D eigenvalue weighted by atomic mass is 10.0. The molecule has 0 radical (unpaired) electrons. The van der Waals surface area contributed by atoms with Gasteiger partial charge in [0.15, 0.2) is 0 Å². The molecule has 0 spiro atoms. The molecule has 0 aromatic heterocycles. The van der Waals surface area contributed by atoms with Crippen molar-refractivity contribution in [2.24, 2.45) is 0 Å². The minimum Gasteiger partial charge on any atom is -0.324 e. The van der Waals surface area contributed by atoms with E-state index < -0.39 is 0 Å². The number of carbonyl (C=O) groups is 1. The van der Waals surface area contributed by atoms with Gasteiger partial charge < -0.3 is 4.90 Å². The van der Waals surface area contributed by atoms with Gasteiger partial charge in [-0.25, -0.2) is 0 Å². The van der Waals surface area contributed by atoms with E-state index in [-0.39, 0.29) is 11.9 Å². The average Bonchev–Trinajstić information content (AvgIpc) is 2.87. The Morgan fingerprint density at radius 1 is 1.08 bits per heavy atom. The van der Waals surface area contributed by atoms with Crippen molar-refractivity contribution in [2.45, 2.75) is 45.7 Å². The van der Waals surface area contributed by atoms with Gasteiger partial charge in [-0.2, -0.15) is 0 Å². The molecule has 124 valence electrons. The Bertz CT molecular complexity index is 733. The van der Waals surface area contributed by atoms with Crippen molar-refractivity contribution in [1.82, 2.24) is 4.90 Å². The number of allylic oxidation sites excluding steroid dienone is 1. The average molecular weight is 319 g/mol. The van der Waals surface area contributed by atoms with Crippen molar-refractivity contribution >= 4 is 5.91 Å². The molecule has 1 aliphatic heterocycles. The standard InChI is InChI=1S/C22H25NO/c1-3-4-10-17(2)15-21-19-13-8-9-14-20(19)22(24)23(21)16-18-11-6-5-7-12-18/h5-9,11-15,21H,3-4,10,16H2,1-2H3/b17-15+. The molecule has 2 aromatic rings. The molecule has 0 saturated heterocycles. The smallest absolute Gasteiger partial charge is 0.255 e. The summed E-state index contributed by atoms with van der Waals surface area (Å²) in [6.07, 6.45) is 5.77. The molecular formula is C22H25NO. The molecule has 0 bridgehead atoms. The predicted octanol–water partition coefficient (Wildman–Crippen LogP) is 5.52. The third-order valence-electron chi connectivity index (χ3n) is 4.67. The van der Waals surface area contributed by atoms with Gasteiger partial charge in [0.25, 0.3) is 5.91 Å². The van der Waals surface area contributed by atoms with Crippen LogP contribution in [0.1, 0.15) is 60.6 Å². The van der Waals surface area contributed by atoms with Crippen molar-refractivity contribution in [1.29, 1.82) is 0 Å². The van der Waals surface area contributed by atoms with Gasteiger partial charge >= 0.3 is 0 Å². The summed E-state index contributed by atoms with van der Waals surface area (Å²) in [4.78, 5) is 14.9. The van der Waals surface area contributed by atoms with E-state index in [1.54, 1.807) is 0 Å². The highest BCUT2D eigenvalue weighted by atomic mass is 16.2. The van der Waals surface area contributed by atoms with Crippen LogP contribution in [-0.4, -0.2) is 10.8 Å². The Morgan fingerprint density at radius 3 is 2.54 bits per heavy atom. The van der Waals surface area contributed by atoms with E-state index in [1.807, 2.05) is 41.3 Å². The topological polar surface area (TPSA) is 20.3 Å². The zero-order valence-corrected chi connectivity index (χ0v) is 14.5. The van der Waals surface area contributed by atoms with Crippen LogP contribution in [0.2, 0.25) is 0 Å². The van der Waals surface area contributed by atoms with Crippen molar-refractivity contribution in [2.75, 3.05) is 0 Å². The maximum atomic E-state index is 12.9. The van der Waals surface area contributed by atoms with Gasteiger partial charge in [0.05, 0.1) is 6.04 Å². The van der Waals surface area contributed by atoms with E-state index in [0.717, 1.165) is 17.5 Å². The van der Waals surface area contributed by atoms with E-state index in [1.165, 1.54) is 24.0 Å². The van der Waals surface area contributed by atoms with Crippen LogP contribution in [0.4, 0.5) is 0 Å². The number of rotatable bonds is 6. The summed E-state index contributed by atoms with van der Waals surface area (Å²) in [5, 5.41) is 0. The SMILES string of the molecule is CCCC/C(C)=C/C1c2ccccc2C(=O)N1Cc1ccccc1. The maximum Gasteiger partial charge on any atom is 0.255 e. The fraction of sp³-hybridized carbons (Fsp3) is 0.318. The molecule has 2 heteroatoms. The first-order valence-corrected chi connectivity index (χ1v) is 8.82. The third-order valence-corrected chi connectivity index (χ3v) is 4.67. The highest BCUT2D eigenvalue weighted by molar-refractivity contribution is 5.99. The molecule has 1 aliphatic rings. The molecule has 1 amide bonds. The van der Waals surface area contributed by atoms with Gasteiger partial charge in [0.2, 0.25) is 0 Å². The first kappa shape index (κ1) is 16.5. The molecule has 0 saturated carbocycles. The van der Waals surface area contributed by atoms with Crippen molar-refractivity contribution in [3.8, 4) is 0 Å². The molecule has 1 unspecified atom stereocenters. The monoisotopic (exact) mass is 319 g/mol. The first-order chi connectivity index (χ1) is 11.7. The summed E-state index contributed by atoms with van der Waals surface area (Å²) < 4.78 is 0. The Kier molecular flexibility index (Phi) is 5.14. The lowest BCUT2D eigenvalue weighted by molar-refractivity contribution is 0.0740. The summed E-state index contributed by atoms with van der Waals surface area (Å²) in [6, 6.07) is 18.3. The molecular weight excluding hydrogens is 294 g/mol. The summed E-state index contributed by atoms with van der Waals surface area (Å²) in [7, 11) is 0. The number of carbonyl (C=O) groups excluding carboxylic acids is 1. The largest absolute Gasteiger partial charge is 0.324 e. The van der Waals surface area contributed by atoms with E-state index >= 15 is 0 Å². The molecule has 1 heterocycles. The van der Waals surface area contributed by atoms with Gasteiger partial charge in [0, 0.05) is 12.1 Å². The fourth-order valence-electron chi connectivity index (χ4n) is 3.34. The number of amides is 1. The summed E-state index contributed by atoms with van der Waals surface area (Å²) in [6.45, 7) is 5.04. The normalized spacial score (nSPS) is 17.2. The zero-order chi connectivity index (χ0) is 16.9. The minimum absolute atomic E-state index is 0.0470. The van der Waals surface area contributed by atoms with Crippen molar-refractivity contribution < 1.29 is 4.79 Å². The van der Waals surface area contributed by atoms with Gasteiger partial charge in [0.1, 0.15) is 0 Å². The highest BCUT2D eigenvalue weighted by Gasteiger charge is 2.34. The van der Waals surface area contributed by atoms with Crippen molar-refractivity contribution in [3.63, 3.8) is 0 Å². The number of hydrogen-bond donors (Lipinski definition) is 0. The Labute approximate surface area is 144 Å². The second kappa shape index (κ2) is 7.48. The van der Waals surface area contributed by atoms with Crippen LogP contribution >= 0.6 is 0 Å². The molecule has 0 N–H and O–H groups in total. The number of hydrogen-bond acceptors (Lipinski definition) is 1. The van der Waals surface area contributed by atoms with E-state index in [2.05, 4.69) is 38.1 Å². The van der Waals surface area contributed by atoms with Crippen LogP contribution in [-0.2, 0) is 6.54 Å². The summed E-state index contributed by atoms with van der Waals surface area (Å²) in [5.41, 5.74) is 4.51. The molecule has 1 atom stereocenters. The lowest BCUT2D eigenvalue weighted by Crippen LogP contribution is -2.26. The van der Waals surface area contributed by atoms with Crippen LogP contribution < -0.4 is 0 Å². The molecule has 24 heavy (non-hydrogen) atoms. The van der Waals surface area contributed by atoms with Gasteiger partial charge in [-0.15, -0.1) is 0 Å². The molecule has 2 aromatic carbocycles. The van der Waals surface area contributed by atoms with Gasteiger partial charge in [-0.1, -0.05) is 73.5 Å². The second-order valence-electron chi connectivity index (χ2n) is 6.57. The molecule has 3 rings (SSSR count). The Hall–Kier alpha value is -2.35. The molecule has 0 fully saturated rings. The lowest BCUT2D eigenvalue weighted by Gasteiger charge is -2.24. The number of unbranched alkanes of at least 4 members (excludes halogenated alkanes) is 1. The minimum atomic E-state index is 0.0470. The summed E-state index contributed by atoms with van der Waals surface area (Å²) >= 11 is 0.